The van der Waals surface area contributed by atoms with Gasteiger partial charge in [0, 0.05) is 16.6 Å². The molecule has 1 unspecified atom stereocenters. The summed E-state index contributed by atoms with van der Waals surface area (Å²) < 4.78 is 0. The van der Waals surface area contributed by atoms with Crippen LogP contribution in [0.4, 0.5) is 0 Å². The van der Waals surface area contributed by atoms with Crippen molar-refractivity contribution in [2.45, 2.75) is 96.3 Å². The summed E-state index contributed by atoms with van der Waals surface area (Å²) in [5.74, 6) is 0.810. The quantitative estimate of drug-likeness (QED) is 0.411. The van der Waals surface area contributed by atoms with E-state index >= 15 is 0 Å². The van der Waals surface area contributed by atoms with E-state index in [1.807, 2.05) is 0 Å². The summed E-state index contributed by atoms with van der Waals surface area (Å²) in [4.78, 5) is 3.65. The normalized spacial score (nSPS) is 16.8. The Kier molecular flexibility index (Phi) is 6.81. The van der Waals surface area contributed by atoms with Crippen molar-refractivity contribution in [1.82, 2.24) is 4.98 Å². The topological polar surface area (TPSA) is 15.8 Å². The Bertz CT molecular complexity index is 610. The van der Waals surface area contributed by atoms with Gasteiger partial charge < -0.3 is 4.98 Å². The lowest BCUT2D eigenvalue weighted by molar-refractivity contribution is 0.523. The van der Waals surface area contributed by atoms with Gasteiger partial charge in [-0.2, -0.15) is 0 Å². The Labute approximate surface area is 148 Å². The van der Waals surface area contributed by atoms with E-state index in [-0.39, 0.29) is 0 Å². The van der Waals surface area contributed by atoms with Crippen LogP contribution >= 0.6 is 0 Å². The van der Waals surface area contributed by atoms with E-state index in [1.165, 1.54) is 100 Å². The maximum absolute atomic E-state index is 3.65. The third kappa shape index (κ3) is 4.43. The standard InChI is InChI=1S/C23H35N/c1-2-3-4-5-6-7-8-9-10-11-14-19-17-18-22-23(19)20-15-12-13-16-21(20)24-22/h12-13,15-16,19,24H,2-11,14,17-18H2,1H3. The molecule has 0 spiro atoms. The number of aromatic amines is 1. The molecule has 0 saturated carbocycles. The van der Waals surface area contributed by atoms with Crippen LogP contribution in [0.2, 0.25) is 0 Å². The molecule has 1 aromatic carbocycles. The zero-order valence-electron chi connectivity index (χ0n) is 15.6. The molecule has 24 heavy (non-hydrogen) atoms. The van der Waals surface area contributed by atoms with Gasteiger partial charge in [-0.05, 0) is 36.8 Å². The van der Waals surface area contributed by atoms with Crippen molar-refractivity contribution in [3.8, 4) is 0 Å². The molecule has 1 atom stereocenters. The van der Waals surface area contributed by atoms with Crippen LogP contribution in [0.5, 0.6) is 0 Å². The van der Waals surface area contributed by atoms with Crippen LogP contribution in [0.25, 0.3) is 10.9 Å². The molecule has 0 aliphatic heterocycles. The highest BCUT2D eigenvalue weighted by Gasteiger charge is 2.25. The largest absolute Gasteiger partial charge is 0.358 e. The molecule has 0 amide bonds. The number of hydrogen-bond donors (Lipinski definition) is 1. The molecule has 3 rings (SSSR count). The van der Waals surface area contributed by atoms with Gasteiger partial charge in [0.2, 0.25) is 0 Å². The Morgan fingerprint density at radius 3 is 2.29 bits per heavy atom. The SMILES string of the molecule is CCCCCCCCCCCCC1CCc2[nH]c3ccccc3c21. The molecule has 2 aromatic rings. The molecule has 1 heteroatoms. The minimum absolute atomic E-state index is 0.810. The van der Waals surface area contributed by atoms with Gasteiger partial charge in [-0.3, -0.25) is 0 Å². The molecular weight excluding hydrogens is 290 g/mol. The summed E-state index contributed by atoms with van der Waals surface area (Å²) in [7, 11) is 0. The fourth-order valence-corrected chi connectivity index (χ4v) is 4.51. The predicted octanol–water partition coefficient (Wildman–Crippen LogP) is 7.51. The number of fused-ring (bicyclic) bond motifs is 3. The van der Waals surface area contributed by atoms with E-state index < -0.39 is 0 Å². The maximum atomic E-state index is 3.65. The van der Waals surface area contributed by atoms with E-state index in [9.17, 15) is 0 Å². The molecule has 1 nitrogen and oxygen atoms in total. The monoisotopic (exact) mass is 325 g/mol. The zero-order chi connectivity index (χ0) is 16.6. The summed E-state index contributed by atoms with van der Waals surface area (Å²) >= 11 is 0. The van der Waals surface area contributed by atoms with E-state index in [0.717, 1.165) is 5.92 Å². The molecule has 1 aromatic heterocycles. The first-order chi connectivity index (χ1) is 11.9. The molecule has 1 aliphatic rings. The summed E-state index contributed by atoms with van der Waals surface area (Å²) in [6, 6.07) is 8.87. The second-order valence-electron chi connectivity index (χ2n) is 7.77. The minimum Gasteiger partial charge on any atom is -0.358 e. The van der Waals surface area contributed by atoms with Gasteiger partial charge in [-0.1, -0.05) is 89.3 Å². The lowest BCUT2D eigenvalue weighted by atomic mass is 9.93. The summed E-state index contributed by atoms with van der Waals surface area (Å²) in [6.45, 7) is 2.30. The number of nitrogens with one attached hydrogen (secondary N) is 1. The number of hydrogen-bond acceptors (Lipinski definition) is 0. The average molecular weight is 326 g/mol. The second-order valence-corrected chi connectivity index (χ2v) is 7.77. The Hall–Kier alpha value is -1.24. The van der Waals surface area contributed by atoms with Crippen molar-refractivity contribution in [2.24, 2.45) is 0 Å². The van der Waals surface area contributed by atoms with Gasteiger partial charge in [0.1, 0.15) is 0 Å². The lowest BCUT2D eigenvalue weighted by Crippen LogP contribution is -1.93. The molecule has 0 fully saturated rings. The first-order valence-electron chi connectivity index (χ1n) is 10.5. The van der Waals surface area contributed by atoms with E-state index in [1.54, 1.807) is 5.56 Å². The number of aromatic nitrogens is 1. The minimum atomic E-state index is 0.810. The first-order valence-corrected chi connectivity index (χ1v) is 10.5. The number of aryl methyl sites for hydroxylation is 1. The van der Waals surface area contributed by atoms with Crippen LogP contribution < -0.4 is 0 Å². The van der Waals surface area contributed by atoms with Gasteiger partial charge in [0.15, 0.2) is 0 Å². The molecule has 0 bridgehead atoms. The first kappa shape index (κ1) is 17.6. The van der Waals surface area contributed by atoms with E-state index in [0.29, 0.717) is 0 Å². The van der Waals surface area contributed by atoms with E-state index in [2.05, 4.69) is 36.2 Å². The van der Waals surface area contributed by atoms with Gasteiger partial charge in [0.25, 0.3) is 0 Å². The maximum Gasteiger partial charge on any atom is 0.0459 e. The van der Waals surface area contributed by atoms with Crippen LogP contribution in [-0.2, 0) is 6.42 Å². The summed E-state index contributed by atoms with van der Waals surface area (Å²) in [5.41, 5.74) is 4.52. The molecule has 0 saturated heterocycles. The predicted molar refractivity (Wildman–Crippen MR) is 106 cm³/mol. The summed E-state index contributed by atoms with van der Waals surface area (Å²) in [5, 5.41) is 1.49. The van der Waals surface area contributed by atoms with Crippen molar-refractivity contribution in [2.75, 3.05) is 0 Å². The second kappa shape index (κ2) is 9.30. The fraction of sp³-hybridized carbons (Fsp3) is 0.652. The number of rotatable bonds is 11. The third-order valence-electron chi connectivity index (χ3n) is 5.89. The van der Waals surface area contributed by atoms with Crippen molar-refractivity contribution in [3.05, 3.63) is 35.5 Å². The van der Waals surface area contributed by atoms with Gasteiger partial charge in [-0.15, -0.1) is 0 Å². The summed E-state index contributed by atoms with van der Waals surface area (Å²) in [6.07, 6.45) is 18.4. The van der Waals surface area contributed by atoms with Crippen molar-refractivity contribution in [3.63, 3.8) is 0 Å². The van der Waals surface area contributed by atoms with Crippen molar-refractivity contribution >= 4 is 10.9 Å². The zero-order valence-corrected chi connectivity index (χ0v) is 15.6. The van der Waals surface area contributed by atoms with Crippen LogP contribution in [0.3, 0.4) is 0 Å². The smallest absolute Gasteiger partial charge is 0.0459 e. The highest BCUT2D eigenvalue weighted by Crippen LogP contribution is 2.41. The molecule has 1 N–H and O–H groups in total. The van der Waals surface area contributed by atoms with Crippen molar-refractivity contribution in [1.29, 1.82) is 0 Å². The molecule has 1 heterocycles. The highest BCUT2D eigenvalue weighted by molar-refractivity contribution is 5.85. The Balaban J connectivity index is 1.33. The third-order valence-corrected chi connectivity index (χ3v) is 5.89. The molecule has 0 radical (unpaired) electrons. The van der Waals surface area contributed by atoms with Gasteiger partial charge >= 0.3 is 0 Å². The number of para-hydroxylation sites is 1. The van der Waals surface area contributed by atoms with Crippen molar-refractivity contribution < 1.29 is 0 Å². The fourth-order valence-electron chi connectivity index (χ4n) is 4.51. The van der Waals surface area contributed by atoms with E-state index in [4.69, 9.17) is 0 Å². The van der Waals surface area contributed by atoms with Gasteiger partial charge in [0.05, 0.1) is 0 Å². The van der Waals surface area contributed by atoms with Crippen LogP contribution in [0.15, 0.2) is 24.3 Å². The lowest BCUT2D eigenvalue weighted by Gasteiger charge is -2.11. The highest BCUT2D eigenvalue weighted by atomic mass is 14.7. The molecule has 132 valence electrons. The number of unbranched alkanes of at least 4 members (excludes halogenated alkanes) is 9. The van der Waals surface area contributed by atoms with Crippen LogP contribution in [0, 0.1) is 0 Å². The Morgan fingerprint density at radius 1 is 0.875 bits per heavy atom. The molecule has 1 aliphatic carbocycles. The Morgan fingerprint density at radius 2 is 1.54 bits per heavy atom. The number of benzene rings is 1. The van der Waals surface area contributed by atoms with Crippen LogP contribution in [0.1, 0.15) is 101 Å². The average Bonchev–Trinajstić information content (AvgIpc) is 3.16. The molecular formula is C23H35N. The van der Waals surface area contributed by atoms with Gasteiger partial charge in [-0.25, -0.2) is 0 Å². The van der Waals surface area contributed by atoms with Crippen LogP contribution in [-0.4, -0.2) is 4.98 Å². The number of H-pyrrole nitrogens is 1.